The van der Waals surface area contributed by atoms with Gasteiger partial charge in [-0.25, -0.2) is 9.59 Å². The molecule has 2 rings (SSSR count). The Bertz CT molecular complexity index is 575. The normalized spacial score (nSPS) is 14.1. The van der Waals surface area contributed by atoms with E-state index in [1.165, 1.54) is 18.2 Å². The molecule has 7 nitrogen and oxygen atoms in total. The van der Waals surface area contributed by atoms with Crippen molar-refractivity contribution in [3.05, 3.63) is 28.8 Å². The van der Waals surface area contributed by atoms with Gasteiger partial charge in [0, 0.05) is 18.1 Å². The number of phenols is 1. The predicted octanol–water partition coefficient (Wildman–Crippen LogP) is 0.754. The summed E-state index contributed by atoms with van der Waals surface area (Å²) in [5.41, 5.74) is -0.104. The number of imide groups is 1. The fourth-order valence-corrected chi connectivity index (χ4v) is 1.84. The molecule has 0 atom stereocenters. The molecule has 1 aliphatic heterocycles. The monoisotopic (exact) mass is 298 g/mol. The molecule has 1 aromatic carbocycles. The molecule has 0 aromatic heterocycles. The molecule has 8 heteroatoms. The van der Waals surface area contributed by atoms with Crippen LogP contribution in [0.4, 0.5) is 4.79 Å². The van der Waals surface area contributed by atoms with Gasteiger partial charge in [0.1, 0.15) is 11.3 Å². The van der Waals surface area contributed by atoms with Crippen LogP contribution in [0.15, 0.2) is 18.2 Å². The van der Waals surface area contributed by atoms with Crippen LogP contribution < -0.4 is 5.32 Å². The van der Waals surface area contributed by atoms with Gasteiger partial charge in [-0.15, -0.1) is 0 Å². The average Bonchev–Trinajstić information content (AvgIpc) is 2.82. The van der Waals surface area contributed by atoms with E-state index in [4.69, 9.17) is 16.3 Å². The fourth-order valence-electron chi connectivity index (χ4n) is 1.67. The van der Waals surface area contributed by atoms with E-state index in [1.807, 2.05) is 0 Å². The molecule has 1 saturated heterocycles. The van der Waals surface area contributed by atoms with Crippen molar-refractivity contribution in [2.24, 2.45) is 0 Å². The summed E-state index contributed by atoms with van der Waals surface area (Å²) in [5, 5.41) is 12.3. The molecule has 0 unspecified atom stereocenters. The number of ether oxygens (including phenoxy) is 1. The Labute approximate surface area is 119 Å². The molecule has 106 valence electrons. The number of amides is 3. The summed E-state index contributed by atoms with van der Waals surface area (Å²) in [6, 6.07) is 3.37. The Morgan fingerprint density at radius 2 is 2.20 bits per heavy atom. The molecule has 20 heavy (non-hydrogen) atoms. The zero-order valence-electron chi connectivity index (χ0n) is 10.3. The van der Waals surface area contributed by atoms with Gasteiger partial charge in [-0.1, -0.05) is 11.6 Å². The Morgan fingerprint density at radius 1 is 1.45 bits per heavy atom. The highest BCUT2D eigenvalue weighted by atomic mass is 35.5. The third-order valence-corrected chi connectivity index (χ3v) is 2.90. The van der Waals surface area contributed by atoms with Crippen LogP contribution in [0.5, 0.6) is 5.75 Å². The molecule has 3 amide bonds. The first kappa shape index (κ1) is 14.1. The van der Waals surface area contributed by atoms with Crippen molar-refractivity contribution in [3.63, 3.8) is 0 Å². The minimum Gasteiger partial charge on any atom is -0.507 e. The minimum absolute atomic E-state index is 0.104. The lowest BCUT2D eigenvalue weighted by Gasteiger charge is -2.12. The summed E-state index contributed by atoms with van der Waals surface area (Å²) < 4.78 is 4.76. The summed E-state index contributed by atoms with van der Waals surface area (Å²) in [4.78, 5) is 35.5. The number of hydrogen-bond donors (Lipinski definition) is 2. The van der Waals surface area contributed by atoms with E-state index < -0.39 is 24.5 Å². The first-order valence-electron chi connectivity index (χ1n) is 5.73. The van der Waals surface area contributed by atoms with Gasteiger partial charge in [-0.05, 0) is 18.2 Å². The van der Waals surface area contributed by atoms with Gasteiger partial charge in [0.15, 0.2) is 6.61 Å². The van der Waals surface area contributed by atoms with Crippen LogP contribution in [0.25, 0.3) is 0 Å². The van der Waals surface area contributed by atoms with E-state index in [0.29, 0.717) is 6.54 Å². The zero-order chi connectivity index (χ0) is 14.7. The molecule has 2 N–H and O–H groups in total. The largest absolute Gasteiger partial charge is 0.507 e. The average molecular weight is 299 g/mol. The molecule has 0 saturated carbocycles. The van der Waals surface area contributed by atoms with Gasteiger partial charge in [0.05, 0.1) is 0 Å². The van der Waals surface area contributed by atoms with E-state index in [2.05, 4.69) is 5.32 Å². The van der Waals surface area contributed by atoms with Crippen LogP contribution in [-0.2, 0) is 9.53 Å². The predicted molar refractivity (Wildman–Crippen MR) is 68.5 cm³/mol. The lowest BCUT2D eigenvalue weighted by atomic mass is 10.2. The standard InChI is InChI=1S/C12H11ClN2O5/c13-7-1-2-8(9(16)5-7)11(18)20-6-10(17)15-4-3-14-12(15)19/h1-2,5,16H,3-4,6H2,(H,14,19). The number of carbonyl (C=O) groups is 3. The van der Waals surface area contributed by atoms with E-state index >= 15 is 0 Å². The molecule has 1 fully saturated rings. The lowest BCUT2D eigenvalue weighted by Crippen LogP contribution is -2.37. The number of benzene rings is 1. The van der Waals surface area contributed by atoms with E-state index in [1.54, 1.807) is 0 Å². The third kappa shape index (κ3) is 3.00. The second-order valence-electron chi connectivity index (χ2n) is 4.01. The van der Waals surface area contributed by atoms with Crippen LogP contribution in [0.3, 0.4) is 0 Å². The summed E-state index contributed by atoms with van der Waals surface area (Å²) in [7, 11) is 0. The molecule has 0 aliphatic carbocycles. The number of rotatable bonds is 3. The number of aromatic hydroxyl groups is 1. The summed E-state index contributed by atoms with van der Waals surface area (Å²) in [6.07, 6.45) is 0. The van der Waals surface area contributed by atoms with Crippen molar-refractivity contribution in [3.8, 4) is 5.75 Å². The number of phenolic OH excluding ortho intramolecular Hbond substituents is 1. The number of halogens is 1. The van der Waals surface area contributed by atoms with Crippen LogP contribution in [-0.4, -0.2) is 47.6 Å². The second-order valence-corrected chi connectivity index (χ2v) is 4.45. The number of esters is 1. The Hall–Kier alpha value is -2.28. The topological polar surface area (TPSA) is 95.9 Å². The highest BCUT2D eigenvalue weighted by molar-refractivity contribution is 6.30. The number of nitrogens with zero attached hydrogens (tertiary/aromatic N) is 1. The van der Waals surface area contributed by atoms with E-state index in [-0.39, 0.29) is 22.9 Å². The van der Waals surface area contributed by atoms with Crippen LogP contribution in [0.1, 0.15) is 10.4 Å². The quantitative estimate of drug-likeness (QED) is 0.803. The van der Waals surface area contributed by atoms with Crippen LogP contribution >= 0.6 is 11.6 Å². The summed E-state index contributed by atoms with van der Waals surface area (Å²) in [6.45, 7) is 0.0340. The van der Waals surface area contributed by atoms with Crippen molar-refractivity contribution in [2.75, 3.05) is 19.7 Å². The smallest absolute Gasteiger partial charge is 0.342 e. The molecular weight excluding hydrogens is 288 g/mol. The molecule has 1 heterocycles. The van der Waals surface area contributed by atoms with Gasteiger partial charge in [0.2, 0.25) is 0 Å². The Kier molecular flexibility index (Phi) is 4.09. The zero-order valence-corrected chi connectivity index (χ0v) is 11.0. The molecular formula is C12H11ClN2O5. The Balaban J connectivity index is 1.95. The Morgan fingerprint density at radius 3 is 2.80 bits per heavy atom. The molecule has 0 bridgehead atoms. The van der Waals surface area contributed by atoms with Gasteiger partial charge < -0.3 is 15.2 Å². The van der Waals surface area contributed by atoms with Crippen molar-refractivity contribution in [1.29, 1.82) is 0 Å². The maximum absolute atomic E-state index is 11.7. The van der Waals surface area contributed by atoms with Crippen LogP contribution in [0, 0.1) is 0 Å². The maximum Gasteiger partial charge on any atom is 0.342 e. The van der Waals surface area contributed by atoms with Gasteiger partial charge in [-0.3, -0.25) is 9.69 Å². The van der Waals surface area contributed by atoms with Gasteiger partial charge >= 0.3 is 12.0 Å². The van der Waals surface area contributed by atoms with E-state index in [9.17, 15) is 19.5 Å². The lowest BCUT2D eigenvalue weighted by molar-refractivity contribution is -0.130. The summed E-state index contributed by atoms with van der Waals surface area (Å²) >= 11 is 5.63. The van der Waals surface area contributed by atoms with Gasteiger partial charge in [0.25, 0.3) is 5.91 Å². The highest BCUT2D eigenvalue weighted by Gasteiger charge is 2.27. The number of carbonyl (C=O) groups excluding carboxylic acids is 3. The number of urea groups is 1. The SMILES string of the molecule is O=C(OCC(=O)N1CCNC1=O)c1ccc(Cl)cc1O. The molecule has 1 aliphatic rings. The van der Waals surface area contributed by atoms with Crippen molar-refractivity contribution < 1.29 is 24.2 Å². The number of nitrogens with one attached hydrogen (secondary N) is 1. The maximum atomic E-state index is 11.7. The van der Waals surface area contributed by atoms with Crippen LogP contribution in [0.2, 0.25) is 5.02 Å². The molecule has 0 radical (unpaired) electrons. The van der Waals surface area contributed by atoms with Gasteiger partial charge in [-0.2, -0.15) is 0 Å². The second kappa shape index (κ2) is 5.79. The van der Waals surface area contributed by atoms with E-state index in [0.717, 1.165) is 4.90 Å². The summed E-state index contributed by atoms with van der Waals surface area (Å²) in [5.74, 6) is -1.83. The molecule has 0 spiro atoms. The molecule has 1 aromatic rings. The first-order valence-corrected chi connectivity index (χ1v) is 6.10. The minimum atomic E-state index is -0.868. The third-order valence-electron chi connectivity index (χ3n) is 2.66. The number of hydrogen-bond acceptors (Lipinski definition) is 5. The van der Waals surface area contributed by atoms with Crippen molar-refractivity contribution in [1.82, 2.24) is 10.2 Å². The highest BCUT2D eigenvalue weighted by Crippen LogP contribution is 2.22. The van der Waals surface area contributed by atoms with Crippen molar-refractivity contribution >= 4 is 29.5 Å². The van der Waals surface area contributed by atoms with Crippen molar-refractivity contribution in [2.45, 2.75) is 0 Å². The first-order chi connectivity index (χ1) is 9.49. The fraction of sp³-hybridized carbons (Fsp3) is 0.250.